The van der Waals surface area contributed by atoms with Crippen molar-refractivity contribution in [3.8, 4) is 23.0 Å². The summed E-state index contributed by atoms with van der Waals surface area (Å²) in [4.78, 5) is 19.8. The number of hydrogen-bond acceptors (Lipinski definition) is 8. The van der Waals surface area contributed by atoms with Crippen molar-refractivity contribution in [2.75, 3.05) is 7.11 Å². The van der Waals surface area contributed by atoms with Gasteiger partial charge in [0.2, 0.25) is 5.88 Å². The number of hydrogen-bond donors (Lipinski definition) is 0. The Morgan fingerprint density at radius 3 is 2.75 bits per heavy atom. The van der Waals surface area contributed by atoms with Crippen LogP contribution in [-0.4, -0.2) is 49.1 Å². The largest absolute Gasteiger partial charge is 0.466 e. The first-order chi connectivity index (χ1) is 11.7. The molecule has 3 aromatic heterocycles. The molecule has 24 heavy (non-hydrogen) atoms. The van der Waals surface area contributed by atoms with Crippen molar-refractivity contribution in [1.82, 2.24) is 29.9 Å². The zero-order valence-electron chi connectivity index (χ0n) is 13.0. The van der Waals surface area contributed by atoms with E-state index in [9.17, 15) is 4.79 Å². The van der Waals surface area contributed by atoms with Crippen LogP contribution in [0.15, 0.2) is 43.1 Å². The fraction of sp³-hybridized carbons (Fsp3) is 0.200. The molecule has 0 fully saturated rings. The van der Waals surface area contributed by atoms with Crippen molar-refractivity contribution < 1.29 is 14.3 Å². The molecule has 0 N–H and O–H groups in total. The monoisotopic (exact) mass is 326 g/mol. The number of ether oxygens (including phenoxy) is 2. The summed E-state index contributed by atoms with van der Waals surface area (Å²) in [5.74, 6) is 0.270. The highest BCUT2D eigenvalue weighted by atomic mass is 16.6. The highest BCUT2D eigenvalue weighted by molar-refractivity contribution is 5.74. The molecule has 9 nitrogen and oxygen atoms in total. The van der Waals surface area contributed by atoms with Crippen molar-refractivity contribution in [3.63, 3.8) is 0 Å². The van der Waals surface area contributed by atoms with Gasteiger partial charge < -0.3 is 9.47 Å². The molecule has 0 aliphatic heterocycles. The van der Waals surface area contributed by atoms with Gasteiger partial charge in [0.15, 0.2) is 11.9 Å². The highest BCUT2D eigenvalue weighted by Crippen LogP contribution is 2.25. The predicted molar refractivity (Wildman–Crippen MR) is 82.3 cm³/mol. The maximum Gasteiger partial charge on any atom is 0.346 e. The molecule has 0 bridgehead atoms. The topological polar surface area (TPSA) is 105 Å². The molecule has 122 valence electrons. The second kappa shape index (κ2) is 6.82. The van der Waals surface area contributed by atoms with Gasteiger partial charge in [-0.05, 0) is 13.0 Å². The van der Waals surface area contributed by atoms with Crippen LogP contribution in [0.1, 0.15) is 6.92 Å². The first kappa shape index (κ1) is 15.5. The van der Waals surface area contributed by atoms with Crippen LogP contribution < -0.4 is 4.74 Å². The number of esters is 1. The van der Waals surface area contributed by atoms with E-state index in [4.69, 9.17) is 4.74 Å². The quantitative estimate of drug-likeness (QED) is 0.641. The number of rotatable bonds is 5. The van der Waals surface area contributed by atoms with Gasteiger partial charge in [-0.25, -0.2) is 14.5 Å². The molecule has 0 saturated carbocycles. The van der Waals surface area contributed by atoms with Crippen molar-refractivity contribution in [2.24, 2.45) is 0 Å². The van der Waals surface area contributed by atoms with Gasteiger partial charge in [-0.3, -0.25) is 4.98 Å². The number of nitrogens with zero attached hydrogens (tertiary/aromatic N) is 6. The molecule has 3 rings (SSSR count). The maximum absolute atomic E-state index is 11.5. The molecule has 1 atom stereocenters. The molecule has 0 aliphatic carbocycles. The minimum atomic E-state index is -0.788. The number of carbonyl (C=O) groups is 1. The van der Waals surface area contributed by atoms with E-state index in [1.807, 2.05) is 0 Å². The zero-order valence-corrected chi connectivity index (χ0v) is 13.0. The van der Waals surface area contributed by atoms with Crippen LogP contribution in [0.3, 0.4) is 0 Å². The van der Waals surface area contributed by atoms with E-state index >= 15 is 0 Å². The fourth-order valence-electron chi connectivity index (χ4n) is 2.04. The summed E-state index contributed by atoms with van der Waals surface area (Å²) < 4.78 is 11.8. The molecule has 0 saturated heterocycles. The smallest absolute Gasteiger partial charge is 0.346 e. The van der Waals surface area contributed by atoms with E-state index in [0.29, 0.717) is 11.5 Å². The molecular weight excluding hydrogens is 312 g/mol. The maximum atomic E-state index is 11.5. The van der Waals surface area contributed by atoms with E-state index in [-0.39, 0.29) is 5.88 Å². The van der Waals surface area contributed by atoms with Crippen LogP contribution in [0.5, 0.6) is 5.88 Å². The Morgan fingerprint density at radius 1 is 1.21 bits per heavy atom. The van der Waals surface area contributed by atoms with E-state index in [2.05, 4.69) is 30.0 Å². The van der Waals surface area contributed by atoms with Gasteiger partial charge in [0.25, 0.3) is 0 Å². The number of carbonyl (C=O) groups excluding carboxylic acids is 1. The molecule has 0 unspecified atom stereocenters. The van der Waals surface area contributed by atoms with Gasteiger partial charge in [0.05, 0.1) is 31.4 Å². The lowest BCUT2D eigenvalue weighted by Gasteiger charge is -2.09. The van der Waals surface area contributed by atoms with Gasteiger partial charge in [-0.2, -0.15) is 10.2 Å². The first-order valence-electron chi connectivity index (χ1n) is 7.07. The Morgan fingerprint density at radius 2 is 2.08 bits per heavy atom. The van der Waals surface area contributed by atoms with Crippen LogP contribution in [0.25, 0.3) is 17.1 Å². The zero-order chi connectivity index (χ0) is 16.9. The van der Waals surface area contributed by atoms with Crippen LogP contribution in [0.2, 0.25) is 0 Å². The lowest BCUT2D eigenvalue weighted by Crippen LogP contribution is -2.25. The summed E-state index contributed by atoms with van der Waals surface area (Å²) in [6.45, 7) is 1.58. The first-order valence-corrected chi connectivity index (χ1v) is 7.07. The second-order valence-corrected chi connectivity index (χ2v) is 4.76. The van der Waals surface area contributed by atoms with Gasteiger partial charge >= 0.3 is 5.97 Å². The van der Waals surface area contributed by atoms with Gasteiger partial charge in [-0.1, -0.05) is 0 Å². The molecule has 0 aliphatic rings. The average molecular weight is 326 g/mol. The molecule has 0 radical (unpaired) electrons. The van der Waals surface area contributed by atoms with E-state index in [1.165, 1.54) is 7.11 Å². The van der Waals surface area contributed by atoms with Crippen LogP contribution in [-0.2, 0) is 9.53 Å². The Hall–Kier alpha value is -3.36. The second-order valence-electron chi connectivity index (χ2n) is 4.76. The standard InChI is InChI=1S/C15H14N6O3/c1-10(15(22)23-2)24-14-7-12(11-3-4-18-19-8-11)21(20-14)13-9-16-5-6-17-13/h3-10H,1-2H3/t10-/m1/s1. The van der Waals surface area contributed by atoms with Crippen LogP contribution in [0.4, 0.5) is 0 Å². The summed E-state index contributed by atoms with van der Waals surface area (Å²) in [6, 6.07) is 3.47. The minimum Gasteiger partial charge on any atom is -0.466 e. The van der Waals surface area contributed by atoms with Crippen molar-refractivity contribution in [3.05, 3.63) is 43.1 Å². The molecular formula is C15H14N6O3. The predicted octanol–water partition coefficient (Wildman–Crippen LogP) is 1.06. The Labute approximate surface area is 137 Å². The Kier molecular flexibility index (Phi) is 4.41. The van der Waals surface area contributed by atoms with Crippen LogP contribution >= 0.6 is 0 Å². The van der Waals surface area contributed by atoms with Crippen LogP contribution in [0, 0.1) is 0 Å². The average Bonchev–Trinajstić information content (AvgIpc) is 3.06. The van der Waals surface area contributed by atoms with E-state index < -0.39 is 12.1 Å². The molecule has 0 spiro atoms. The lowest BCUT2D eigenvalue weighted by molar-refractivity contribution is -0.148. The lowest BCUT2D eigenvalue weighted by atomic mass is 10.2. The molecule has 9 heteroatoms. The van der Waals surface area contributed by atoms with Crippen molar-refractivity contribution in [2.45, 2.75) is 13.0 Å². The third-order valence-corrected chi connectivity index (χ3v) is 3.16. The fourth-order valence-corrected chi connectivity index (χ4v) is 2.04. The van der Waals surface area contributed by atoms with Gasteiger partial charge in [0.1, 0.15) is 0 Å². The third kappa shape index (κ3) is 3.19. The minimum absolute atomic E-state index is 0.255. The summed E-state index contributed by atoms with van der Waals surface area (Å²) in [5.41, 5.74) is 1.45. The summed E-state index contributed by atoms with van der Waals surface area (Å²) in [6.07, 6.45) is 7.07. The molecule has 3 heterocycles. The highest BCUT2D eigenvalue weighted by Gasteiger charge is 2.19. The summed E-state index contributed by atoms with van der Waals surface area (Å²) in [7, 11) is 1.30. The molecule has 0 aromatic carbocycles. The molecule has 0 amide bonds. The summed E-state index contributed by atoms with van der Waals surface area (Å²) in [5, 5.41) is 12.0. The normalized spacial score (nSPS) is 11.8. The van der Waals surface area contributed by atoms with Crippen molar-refractivity contribution >= 4 is 5.97 Å². The van der Waals surface area contributed by atoms with Gasteiger partial charge in [-0.15, -0.1) is 5.10 Å². The number of aromatic nitrogens is 6. The Bertz CT molecular complexity index is 765. The molecule has 3 aromatic rings. The van der Waals surface area contributed by atoms with Crippen molar-refractivity contribution in [1.29, 1.82) is 0 Å². The Balaban J connectivity index is 2.02. The SMILES string of the molecule is COC(=O)[C@@H](C)Oc1cc(-c2ccnnc2)n(-c2cnccn2)n1. The van der Waals surface area contributed by atoms with E-state index in [1.54, 1.807) is 54.7 Å². The number of methoxy groups -OCH3 is 1. The summed E-state index contributed by atoms with van der Waals surface area (Å²) >= 11 is 0. The van der Waals surface area contributed by atoms with Gasteiger partial charge in [0, 0.05) is 24.0 Å². The van der Waals surface area contributed by atoms with E-state index in [0.717, 1.165) is 5.56 Å². The third-order valence-electron chi connectivity index (χ3n) is 3.16.